The summed E-state index contributed by atoms with van der Waals surface area (Å²) in [6, 6.07) is 14.3. The number of carbonyl (C=O) groups excluding carboxylic acids is 1. The van der Waals surface area contributed by atoms with Gasteiger partial charge in [-0.15, -0.1) is 11.3 Å². The third kappa shape index (κ3) is 4.62. The summed E-state index contributed by atoms with van der Waals surface area (Å²) >= 11 is 1.59. The molecular formula is C22H24N2O2S. The fraction of sp³-hybridized carbons (Fsp3) is 0.273. The molecule has 3 rings (SSSR count). The van der Waals surface area contributed by atoms with Crippen LogP contribution in [0.15, 0.2) is 48.0 Å². The van der Waals surface area contributed by atoms with Gasteiger partial charge in [-0.25, -0.2) is 4.98 Å². The monoisotopic (exact) mass is 380 g/mol. The van der Waals surface area contributed by atoms with Crippen LogP contribution < -0.4 is 5.32 Å². The van der Waals surface area contributed by atoms with Gasteiger partial charge >= 0.3 is 0 Å². The fourth-order valence-electron chi connectivity index (χ4n) is 2.98. The van der Waals surface area contributed by atoms with E-state index in [9.17, 15) is 4.79 Å². The average Bonchev–Trinajstić information content (AvgIpc) is 3.08. The number of thiazole rings is 1. The molecular weight excluding hydrogens is 356 g/mol. The van der Waals surface area contributed by atoms with Crippen molar-refractivity contribution in [3.05, 3.63) is 64.8 Å². The number of methoxy groups -OCH3 is 1. The number of hydrogen-bond donors (Lipinski definition) is 1. The lowest BCUT2D eigenvalue weighted by Crippen LogP contribution is -2.35. The highest BCUT2D eigenvalue weighted by Gasteiger charge is 2.15. The molecule has 27 heavy (non-hydrogen) atoms. The first-order valence-electron chi connectivity index (χ1n) is 8.90. The van der Waals surface area contributed by atoms with Gasteiger partial charge in [-0.05, 0) is 55.7 Å². The number of aryl methyl sites for hydroxylation is 2. The van der Waals surface area contributed by atoms with Gasteiger partial charge in [-0.3, -0.25) is 4.79 Å². The lowest BCUT2D eigenvalue weighted by molar-refractivity contribution is 0.0905. The summed E-state index contributed by atoms with van der Waals surface area (Å²) in [5, 5.41) is 3.00. The zero-order chi connectivity index (χ0) is 19.4. The predicted octanol–water partition coefficient (Wildman–Crippen LogP) is 4.86. The van der Waals surface area contributed by atoms with Crippen molar-refractivity contribution in [3.8, 4) is 21.6 Å². The van der Waals surface area contributed by atoms with Crippen molar-refractivity contribution in [2.75, 3.05) is 13.7 Å². The summed E-state index contributed by atoms with van der Waals surface area (Å²) < 4.78 is 5.12. The smallest absolute Gasteiger partial charge is 0.251 e. The minimum absolute atomic E-state index is 0.0564. The Morgan fingerprint density at radius 2 is 1.81 bits per heavy atom. The zero-order valence-corrected chi connectivity index (χ0v) is 16.9. The Labute approximate surface area is 164 Å². The standard InChI is InChI=1S/C22H24N2O2S/c1-14-5-7-17(8-6-14)18-9-19(21-16(3)23-13-27-21)11-20(10-18)22(25)24-15(2)12-26-4/h5-11,13,15H,12H2,1-4H3,(H,24,25)/t15-/m1/s1. The van der Waals surface area contributed by atoms with Gasteiger partial charge in [-0.1, -0.05) is 29.8 Å². The van der Waals surface area contributed by atoms with Gasteiger partial charge in [-0.2, -0.15) is 0 Å². The Bertz CT molecular complexity index is 932. The van der Waals surface area contributed by atoms with Crippen LogP contribution in [0.25, 0.3) is 21.6 Å². The summed E-state index contributed by atoms with van der Waals surface area (Å²) in [6.45, 7) is 6.46. The number of hydrogen-bond acceptors (Lipinski definition) is 4. The molecule has 140 valence electrons. The Morgan fingerprint density at radius 1 is 1.11 bits per heavy atom. The molecule has 0 aliphatic carbocycles. The molecule has 0 bridgehead atoms. The molecule has 1 heterocycles. The first-order valence-corrected chi connectivity index (χ1v) is 9.78. The first-order chi connectivity index (χ1) is 13.0. The van der Waals surface area contributed by atoms with Gasteiger partial charge in [0.1, 0.15) is 0 Å². The molecule has 0 saturated carbocycles. The van der Waals surface area contributed by atoms with Crippen LogP contribution in [0.2, 0.25) is 0 Å². The molecule has 0 radical (unpaired) electrons. The zero-order valence-electron chi connectivity index (χ0n) is 16.1. The van der Waals surface area contributed by atoms with E-state index in [-0.39, 0.29) is 11.9 Å². The molecule has 0 aliphatic heterocycles. The Kier molecular flexibility index (Phi) is 6.04. The molecule has 1 amide bonds. The Balaban J connectivity index is 2.04. The number of aromatic nitrogens is 1. The van der Waals surface area contributed by atoms with E-state index in [1.54, 1.807) is 18.4 Å². The molecule has 0 saturated heterocycles. The molecule has 1 aromatic heterocycles. The van der Waals surface area contributed by atoms with E-state index in [4.69, 9.17) is 4.74 Å². The van der Waals surface area contributed by atoms with E-state index in [0.717, 1.165) is 27.3 Å². The van der Waals surface area contributed by atoms with Crippen molar-refractivity contribution >= 4 is 17.2 Å². The van der Waals surface area contributed by atoms with E-state index < -0.39 is 0 Å². The average molecular weight is 381 g/mol. The highest BCUT2D eigenvalue weighted by Crippen LogP contribution is 2.32. The van der Waals surface area contributed by atoms with E-state index in [2.05, 4.69) is 47.6 Å². The van der Waals surface area contributed by atoms with Gasteiger partial charge in [0.05, 0.1) is 22.7 Å². The summed E-state index contributed by atoms with van der Waals surface area (Å²) in [5.41, 5.74) is 7.77. The third-order valence-electron chi connectivity index (χ3n) is 4.38. The first kappa shape index (κ1) is 19.3. The highest BCUT2D eigenvalue weighted by atomic mass is 32.1. The van der Waals surface area contributed by atoms with Crippen molar-refractivity contribution < 1.29 is 9.53 Å². The van der Waals surface area contributed by atoms with Gasteiger partial charge in [0.25, 0.3) is 5.91 Å². The maximum atomic E-state index is 12.8. The van der Waals surface area contributed by atoms with Crippen LogP contribution in [0, 0.1) is 13.8 Å². The van der Waals surface area contributed by atoms with Crippen LogP contribution in [-0.4, -0.2) is 30.6 Å². The number of benzene rings is 2. The van der Waals surface area contributed by atoms with Crippen molar-refractivity contribution in [1.29, 1.82) is 0 Å². The summed E-state index contributed by atoms with van der Waals surface area (Å²) in [4.78, 5) is 18.2. The largest absolute Gasteiger partial charge is 0.383 e. The number of amides is 1. The van der Waals surface area contributed by atoms with E-state index in [1.807, 2.05) is 31.5 Å². The summed E-state index contributed by atoms with van der Waals surface area (Å²) in [5.74, 6) is -0.100. The molecule has 2 aromatic carbocycles. The second-order valence-electron chi connectivity index (χ2n) is 6.76. The Hall–Kier alpha value is -2.50. The van der Waals surface area contributed by atoms with E-state index in [0.29, 0.717) is 12.2 Å². The van der Waals surface area contributed by atoms with Crippen LogP contribution in [0.4, 0.5) is 0 Å². The van der Waals surface area contributed by atoms with Crippen molar-refractivity contribution in [1.82, 2.24) is 10.3 Å². The normalized spacial score (nSPS) is 12.0. The van der Waals surface area contributed by atoms with Crippen molar-refractivity contribution in [3.63, 3.8) is 0 Å². The number of carbonyl (C=O) groups is 1. The molecule has 1 atom stereocenters. The summed E-state index contributed by atoms with van der Waals surface area (Å²) in [7, 11) is 1.63. The maximum Gasteiger partial charge on any atom is 0.251 e. The molecule has 0 fully saturated rings. The third-order valence-corrected chi connectivity index (χ3v) is 5.36. The number of nitrogens with zero attached hydrogens (tertiary/aromatic N) is 1. The van der Waals surface area contributed by atoms with Gasteiger partial charge in [0, 0.05) is 18.7 Å². The van der Waals surface area contributed by atoms with Crippen LogP contribution in [-0.2, 0) is 4.74 Å². The molecule has 3 aromatic rings. The number of rotatable bonds is 6. The molecule has 0 spiro atoms. The fourth-order valence-corrected chi connectivity index (χ4v) is 3.77. The lowest BCUT2D eigenvalue weighted by Gasteiger charge is -2.14. The summed E-state index contributed by atoms with van der Waals surface area (Å²) in [6.07, 6.45) is 0. The highest BCUT2D eigenvalue weighted by molar-refractivity contribution is 7.13. The molecule has 4 nitrogen and oxygen atoms in total. The number of nitrogens with one attached hydrogen (secondary N) is 1. The minimum Gasteiger partial charge on any atom is -0.383 e. The van der Waals surface area contributed by atoms with E-state index >= 15 is 0 Å². The van der Waals surface area contributed by atoms with Crippen molar-refractivity contribution in [2.45, 2.75) is 26.8 Å². The van der Waals surface area contributed by atoms with Gasteiger partial charge < -0.3 is 10.1 Å². The molecule has 1 N–H and O–H groups in total. The topological polar surface area (TPSA) is 51.2 Å². The second kappa shape index (κ2) is 8.46. The molecule has 0 unspecified atom stereocenters. The lowest BCUT2D eigenvalue weighted by atomic mass is 9.97. The molecule has 5 heteroatoms. The van der Waals surface area contributed by atoms with Gasteiger partial charge in [0.15, 0.2) is 0 Å². The SMILES string of the molecule is COC[C@@H](C)NC(=O)c1cc(-c2ccc(C)cc2)cc(-c2scnc2C)c1. The quantitative estimate of drug-likeness (QED) is 0.664. The maximum absolute atomic E-state index is 12.8. The van der Waals surface area contributed by atoms with Crippen LogP contribution >= 0.6 is 11.3 Å². The van der Waals surface area contributed by atoms with Crippen LogP contribution in [0.5, 0.6) is 0 Å². The molecule has 0 aliphatic rings. The predicted molar refractivity (Wildman–Crippen MR) is 111 cm³/mol. The van der Waals surface area contributed by atoms with Gasteiger partial charge in [0.2, 0.25) is 0 Å². The number of ether oxygens (including phenoxy) is 1. The van der Waals surface area contributed by atoms with Crippen LogP contribution in [0.3, 0.4) is 0 Å². The second-order valence-corrected chi connectivity index (χ2v) is 7.62. The minimum atomic E-state index is -0.100. The van der Waals surface area contributed by atoms with Crippen LogP contribution in [0.1, 0.15) is 28.5 Å². The van der Waals surface area contributed by atoms with E-state index in [1.165, 1.54) is 5.56 Å². The van der Waals surface area contributed by atoms with Crippen molar-refractivity contribution in [2.24, 2.45) is 0 Å². The Morgan fingerprint density at radius 3 is 2.44 bits per heavy atom.